The summed E-state index contributed by atoms with van der Waals surface area (Å²) in [6.07, 6.45) is 0.353. The molecule has 0 bridgehead atoms. The fourth-order valence-corrected chi connectivity index (χ4v) is 2.74. The van der Waals surface area contributed by atoms with Gasteiger partial charge in [0.05, 0.1) is 12.5 Å². The molecule has 0 aliphatic heterocycles. The van der Waals surface area contributed by atoms with E-state index in [9.17, 15) is 4.79 Å². The Morgan fingerprint density at radius 2 is 1.85 bits per heavy atom. The zero-order chi connectivity index (χ0) is 14.5. The van der Waals surface area contributed by atoms with Crippen LogP contribution in [0.2, 0.25) is 5.02 Å². The van der Waals surface area contributed by atoms with Crippen LogP contribution in [0.1, 0.15) is 24.1 Å². The number of carbonyl (C=O) groups is 1. The van der Waals surface area contributed by atoms with Gasteiger partial charge in [-0.1, -0.05) is 57.9 Å². The molecule has 2 nitrogen and oxygen atoms in total. The number of hydrogen-bond acceptors (Lipinski definition) is 1. The lowest BCUT2D eigenvalue weighted by Gasteiger charge is -2.16. The molecule has 0 saturated carbocycles. The molecular formula is C16H15BrClNO. The number of benzene rings is 2. The van der Waals surface area contributed by atoms with Gasteiger partial charge in [0.2, 0.25) is 5.91 Å². The molecule has 1 N–H and O–H groups in total. The summed E-state index contributed by atoms with van der Waals surface area (Å²) < 4.78 is 0.999. The van der Waals surface area contributed by atoms with Crippen molar-refractivity contribution in [3.8, 4) is 0 Å². The first-order chi connectivity index (χ1) is 9.56. The normalized spacial score (nSPS) is 11.9. The highest BCUT2D eigenvalue weighted by atomic mass is 79.9. The van der Waals surface area contributed by atoms with Gasteiger partial charge in [-0.15, -0.1) is 0 Å². The quantitative estimate of drug-likeness (QED) is 0.861. The second-order valence-electron chi connectivity index (χ2n) is 4.61. The highest BCUT2D eigenvalue weighted by molar-refractivity contribution is 9.10. The van der Waals surface area contributed by atoms with Gasteiger partial charge in [-0.05, 0) is 36.2 Å². The van der Waals surface area contributed by atoms with Crippen LogP contribution in [0.25, 0.3) is 0 Å². The molecule has 0 aliphatic carbocycles. The second-order valence-corrected chi connectivity index (χ2v) is 5.90. The van der Waals surface area contributed by atoms with Crippen LogP contribution in [0, 0.1) is 0 Å². The van der Waals surface area contributed by atoms with Gasteiger partial charge in [0.1, 0.15) is 0 Å². The molecule has 0 radical (unpaired) electrons. The lowest BCUT2D eigenvalue weighted by molar-refractivity contribution is -0.121. The van der Waals surface area contributed by atoms with Crippen molar-refractivity contribution in [2.24, 2.45) is 0 Å². The van der Waals surface area contributed by atoms with Gasteiger partial charge in [0.15, 0.2) is 0 Å². The summed E-state index contributed by atoms with van der Waals surface area (Å²) in [6.45, 7) is 1.97. The second kappa shape index (κ2) is 6.91. The summed E-state index contributed by atoms with van der Waals surface area (Å²) in [5.74, 6) is -0.00410. The SMILES string of the molecule is CC(NC(=O)Cc1ccc(Cl)cc1)c1ccccc1Br. The van der Waals surface area contributed by atoms with Gasteiger partial charge in [-0.2, -0.15) is 0 Å². The average Bonchev–Trinajstić information content (AvgIpc) is 2.41. The first-order valence-corrected chi connectivity index (χ1v) is 7.51. The van der Waals surface area contributed by atoms with Gasteiger partial charge in [-0.25, -0.2) is 0 Å². The van der Waals surface area contributed by atoms with E-state index in [1.807, 2.05) is 43.3 Å². The fraction of sp³-hybridized carbons (Fsp3) is 0.188. The van der Waals surface area contributed by atoms with Crippen LogP contribution in [0.15, 0.2) is 53.0 Å². The predicted octanol–water partition coefficient (Wildman–Crippen LogP) is 4.52. The van der Waals surface area contributed by atoms with Crippen molar-refractivity contribution in [2.75, 3.05) is 0 Å². The number of hydrogen-bond donors (Lipinski definition) is 1. The third-order valence-electron chi connectivity index (χ3n) is 3.03. The van der Waals surface area contributed by atoms with Crippen LogP contribution < -0.4 is 5.32 Å². The third kappa shape index (κ3) is 4.09. The molecule has 0 aliphatic rings. The van der Waals surface area contributed by atoms with Gasteiger partial charge in [0.25, 0.3) is 0 Å². The molecule has 4 heteroatoms. The minimum Gasteiger partial charge on any atom is -0.349 e. The summed E-state index contributed by atoms with van der Waals surface area (Å²) >= 11 is 9.32. The van der Waals surface area contributed by atoms with Crippen LogP contribution in [0.3, 0.4) is 0 Å². The Morgan fingerprint density at radius 1 is 1.20 bits per heavy atom. The molecule has 1 atom stereocenters. The van der Waals surface area contributed by atoms with E-state index >= 15 is 0 Å². The molecule has 0 aromatic heterocycles. The van der Waals surface area contributed by atoms with Crippen LogP contribution in [0.5, 0.6) is 0 Å². The lowest BCUT2D eigenvalue weighted by atomic mass is 10.1. The van der Waals surface area contributed by atoms with E-state index in [2.05, 4.69) is 21.2 Å². The summed E-state index contributed by atoms with van der Waals surface area (Å²) in [5, 5.41) is 3.67. The van der Waals surface area contributed by atoms with E-state index in [4.69, 9.17) is 11.6 Å². The minimum absolute atomic E-state index is 0.00410. The first kappa shape index (κ1) is 15.1. The average molecular weight is 353 g/mol. The number of halogens is 2. The Labute approximate surface area is 132 Å². The Bertz CT molecular complexity index is 598. The van der Waals surface area contributed by atoms with Crippen molar-refractivity contribution < 1.29 is 4.79 Å². The van der Waals surface area contributed by atoms with Gasteiger partial charge in [-0.3, -0.25) is 4.79 Å². The van der Waals surface area contributed by atoms with E-state index in [0.717, 1.165) is 15.6 Å². The molecule has 2 aromatic carbocycles. The summed E-state index contributed by atoms with van der Waals surface area (Å²) in [4.78, 5) is 12.0. The summed E-state index contributed by atoms with van der Waals surface area (Å²) in [7, 11) is 0. The number of nitrogens with one attached hydrogen (secondary N) is 1. The molecule has 2 rings (SSSR count). The molecule has 20 heavy (non-hydrogen) atoms. The predicted molar refractivity (Wildman–Crippen MR) is 85.9 cm³/mol. The maximum atomic E-state index is 12.0. The van der Waals surface area contributed by atoms with Crippen LogP contribution in [-0.2, 0) is 11.2 Å². The minimum atomic E-state index is -0.0367. The zero-order valence-electron chi connectivity index (χ0n) is 11.1. The van der Waals surface area contributed by atoms with Crippen molar-refractivity contribution in [3.05, 3.63) is 69.2 Å². The topological polar surface area (TPSA) is 29.1 Å². The van der Waals surface area contributed by atoms with Crippen molar-refractivity contribution in [1.29, 1.82) is 0 Å². The molecule has 2 aromatic rings. The van der Waals surface area contributed by atoms with E-state index in [0.29, 0.717) is 11.4 Å². The van der Waals surface area contributed by atoms with Crippen molar-refractivity contribution >= 4 is 33.4 Å². The van der Waals surface area contributed by atoms with Gasteiger partial charge >= 0.3 is 0 Å². The summed E-state index contributed by atoms with van der Waals surface area (Å²) in [5.41, 5.74) is 2.02. The van der Waals surface area contributed by atoms with Crippen molar-refractivity contribution in [1.82, 2.24) is 5.32 Å². The van der Waals surface area contributed by atoms with Crippen LogP contribution >= 0.6 is 27.5 Å². The Hall–Kier alpha value is -1.32. The number of carbonyl (C=O) groups excluding carboxylic acids is 1. The molecule has 0 saturated heterocycles. The zero-order valence-corrected chi connectivity index (χ0v) is 13.4. The van der Waals surface area contributed by atoms with Gasteiger partial charge < -0.3 is 5.32 Å². The standard InChI is InChI=1S/C16H15BrClNO/c1-11(14-4-2-3-5-15(14)17)19-16(20)10-12-6-8-13(18)9-7-12/h2-9,11H,10H2,1H3,(H,19,20). The van der Waals surface area contributed by atoms with E-state index < -0.39 is 0 Å². The highest BCUT2D eigenvalue weighted by Crippen LogP contribution is 2.22. The summed E-state index contributed by atoms with van der Waals surface area (Å²) in [6, 6.07) is 15.2. The first-order valence-electron chi connectivity index (χ1n) is 6.34. The van der Waals surface area contributed by atoms with Gasteiger partial charge in [0, 0.05) is 9.50 Å². The van der Waals surface area contributed by atoms with Crippen molar-refractivity contribution in [3.63, 3.8) is 0 Å². The Morgan fingerprint density at radius 3 is 2.50 bits per heavy atom. The Balaban J connectivity index is 1.98. The molecule has 0 spiro atoms. The smallest absolute Gasteiger partial charge is 0.224 e. The van der Waals surface area contributed by atoms with Crippen LogP contribution in [0.4, 0.5) is 0 Å². The molecule has 1 amide bonds. The maximum Gasteiger partial charge on any atom is 0.224 e. The lowest BCUT2D eigenvalue weighted by Crippen LogP contribution is -2.28. The molecule has 104 valence electrons. The number of rotatable bonds is 4. The van der Waals surface area contributed by atoms with E-state index in [-0.39, 0.29) is 11.9 Å². The Kier molecular flexibility index (Phi) is 5.21. The maximum absolute atomic E-state index is 12.0. The highest BCUT2D eigenvalue weighted by Gasteiger charge is 2.12. The van der Waals surface area contributed by atoms with Crippen LogP contribution in [-0.4, -0.2) is 5.91 Å². The molecule has 1 unspecified atom stereocenters. The van der Waals surface area contributed by atoms with E-state index in [1.165, 1.54) is 0 Å². The fourth-order valence-electron chi connectivity index (χ4n) is 1.98. The molecule has 0 heterocycles. The monoisotopic (exact) mass is 351 g/mol. The number of amides is 1. The van der Waals surface area contributed by atoms with E-state index in [1.54, 1.807) is 12.1 Å². The molecular weight excluding hydrogens is 338 g/mol. The van der Waals surface area contributed by atoms with Crippen molar-refractivity contribution in [2.45, 2.75) is 19.4 Å². The molecule has 0 fully saturated rings. The third-order valence-corrected chi connectivity index (χ3v) is 4.00. The largest absolute Gasteiger partial charge is 0.349 e.